The maximum atomic E-state index is 4.50. The molecule has 4 N–H and O–H groups in total. The van der Waals surface area contributed by atoms with Crippen molar-refractivity contribution in [3.8, 4) is 0 Å². The smallest absolute Gasteiger partial charge is 0 e. The first-order valence-electron chi connectivity index (χ1n) is 3.15. The van der Waals surface area contributed by atoms with Gasteiger partial charge in [-0.1, -0.05) is 51.3 Å². The molecule has 0 aliphatic heterocycles. The van der Waals surface area contributed by atoms with E-state index in [9.17, 15) is 0 Å². The molecule has 1 aromatic rings. The standard InChI is InChI=1S/C6H6.2CH5N.2CH4.CH3.Y/c1-2-4-6-5-3-1;2*1-2;;;;/h1-6H;2*2H2,1H3;2*1H4;1H3;/q;;;;;-1;. The first kappa shape index (κ1) is 36.8. The molecule has 0 spiro atoms. The van der Waals surface area contributed by atoms with Gasteiger partial charge in [-0.3, -0.25) is 0 Å². The van der Waals surface area contributed by atoms with E-state index in [1.807, 2.05) is 36.4 Å². The van der Waals surface area contributed by atoms with Gasteiger partial charge in [-0.15, -0.1) is 0 Å². The van der Waals surface area contributed by atoms with Crippen molar-refractivity contribution in [2.45, 2.75) is 14.9 Å². The van der Waals surface area contributed by atoms with Gasteiger partial charge in [-0.25, -0.2) is 0 Å². The van der Waals surface area contributed by atoms with Gasteiger partial charge in [0.1, 0.15) is 0 Å². The van der Waals surface area contributed by atoms with Crippen LogP contribution in [0.2, 0.25) is 0 Å². The zero-order valence-electron chi connectivity index (χ0n) is 8.20. The molecule has 1 radical (unpaired) electrons. The summed E-state index contributed by atoms with van der Waals surface area (Å²) in [7, 11) is 3.00. The molecule has 0 aliphatic carbocycles. The summed E-state index contributed by atoms with van der Waals surface area (Å²) in [6.45, 7) is 0. The molecule has 0 atom stereocenters. The van der Waals surface area contributed by atoms with Crippen molar-refractivity contribution < 1.29 is 32.7 Å². The van der Waals surface area contributed by atoms with E-state index in [2.05, 4.69) is 11.5 Å². The Morgan fingerprint density at radius 1 is 0.571 bits per heavy atom. The van der Waals surface area contributed by atoms with Crippen molar-refractivity contribution in [1.29, 1.82) is 0 Å². The van der Waals surface area contributed by atoms with Gasteiger partial charge in [-0.2, -0.15) is 0 Å². The van der Waals surface area contributed by atoms with E-state index in [1.54, 1.807) is 0 Å². The van der Waals surface area contributed by atoms with Gasteiger partial charge >= 0.3 is 0 Å². The average Bonchev–Trinajstić information content (AvgIpc) is 2.14. The van der Waals surface area contributed by atoms with Crippen LogP contribution in [0.15, 0.2) is 36.4 Å². The molecule has 0 bridgehead atoms. The van der Waals surface area contributed by atoms with Crippen LogP contribution in [0.5, 0.6) is 0 Å². The van der Waals surface area contributed by atoms with E-state index in [0.717, 1.165) is 0 Å². The van der Waals surface area contributed by atoms with Gasteiger partial charge in [0.05, 0.1) is 0 Å². The van der Waals surface area contributed by atoms with E-state index in [0.29, 0.717) is 0 Å². The summed E-state index contributed by atoms with van der Waals surface area (Å²) in [6.07, 6.45) is 0. The molecule has 14 heavy (non-hydrogen) atoms. The third-order valence-electron chi connectivity index (χ3n) is 0.667. The van der Waals surface area contributed by atoms with E-state index >= 15 is 0 Å². The molecule has 3 heteroatoms. The van der Waals surface area contributed by atoms with Gasteiger partial charge in [0.25, 0.3) is 0 Å². The number of hydrogen-bond acceptors (Lipinski definition) is 2. The first-order chi connectivity index (χ1) is 5.00. The molecule has 0 fully saturated rings. The van der Waals surface area contributed by atoms with E-state index in [1.165, 1.54) is 14.1 Å². The molecule has 0 unspecified atom stereocenters. The summed E-state index contributed by atoms with van der Waals surface area (Å²) in [4.78, 5) is 0. The largest absolute Gasteiger partial charge is 0.358 e. The Balaban J connectivity index is -0.0000000183. The Hall–Kier alpha value is 0.244. The van der Waals surface area contributed by atoms with Gasteiger partial charge in [0, 0.05) is 32.7 Å². The topological polar surface area (TPSA) is 52.0 Å². The van der Waals surface area contributed by atoms with E-state index < -0.39 is 0 Å². The van der Waals surface area contributed by atoms with Crippen molar-refractivity contribution in [2.75, 3.05) is 14.1 Å². The maximum Gasteiger partial charge on any atom is 0 e. The monoisotopic (exact) mass is 276 g/mol. The second-order valence-electron chi connectivity index (χ2n) is 1.15. The molecule has 1 aromatic carbocycles. The molecule has 0 aromatic heterocycles. The van der Waals surface area contributed by atoms with Crippen LogP contribution < -0.4 is 11.5 Å². The van der Waals surface area contributed by atoms with Gasteiger partial charge in [0.2, 0.25) is 0 Å². The predicted octanol–water partition coefficient (Wildman–Crippen LogP) is 2.56. The molecule has 2 nitrogen and oxygen atoms in total. The Morgan fingerprint density at radius 2 is 0.643 bits per heavy atom. The SMILES string of the molecule is C.C.CN.CN.[CH3-].[Y].c1ccccc1. The zero-order valence-corrected chi connectivity index (χ0v) is 11.0. The fourth-order valence-corrected chi connectivity index (χ4v) is 0.385. The minimum atomic E-state index is 0. The Bertz CT molecular complexity index is 85.2. The minimum Gasteiger partial charge on any atom is -0.358 e. The van der Waals surface area contributed by atoms with Gasteiger partial charge < -0.3 is 18.9 Å². The number of nitrogens with two attached hydrogens (primary N) is 2. The first-order valence-corrected chi connectivity index (χ1v) is 3.15. The second-order valence-corrected chi connectivity index (χ2v) is 1.15. The van der Waals surface area contributed by atoms with Crippen molar-refractivity contribution in [1.82, 2.24) is 0 Å². The minimum absolute atomic E-state index is 0. The van der Waals surface area contributed by atoms with Crippen LogP contribution in [0, 0.1) is 7.43 Å². The van der Waals surface area contributed by atoms with Crippen molar-refractivity contribution in [2.24, 2.45) is 11.5 Å². The van der Waals surface area contributed by atoms with E-state index in [-0.39, 0.29) is 55.0 Å². The summed E-state index contributed by atoms with van der Waals surface area (Å²) in [5.74, 6) is 0. The van der Waals surface area contributed by atoms with Crippen molar-refractivity contribution in [3.63, 3.8) is 0 Å². The molecule has 0 saturated carbocycles. The zero-order chi connectivity index (χ0) is 8.24. The maximum absolute atomic E-state index is 4.50. The fourth-order valence-electron chi connectivity index (χ4n) is 0.385. The second kappa shape index (κ2) is 50.9. The summed E-state index contributed by atoms with van der Waals surface area (Å²) in [5, 5.41) is 0. The summed E-state index contributed by atoms with van der Waals surface area (Å²) in [6, 6.07) is 12.0. The number of benzene rings is 1. The quantitative estimate of drug-likeness (QED) is 0.715. The molecular weight excluding hydrogens is 249 g/mol. The number of hydrogen-bond donors (Lipinski definition) is 2. The number of rotatable bonds is 0. The summed E-state index contributed by atoms with van der Waals surface area (Å²) < 4.78 is 0. The van der Waals surface area contributed by atoms with Crippen LogP contribution in [0.3, 0.4) is 0 Å². The van der Waals surface area contributed by atoms with Crippen LogP contribution >= 0.6 is 0 Å². The molecule has 0 saturated heterocycles. The molecule has 0 heterocycles. The van der Waals surface area contributed by atoms with Crippen LogP contribution in [0.25, 0.3) is 0 Å². The van der Waals surface area contributed by atoms with Gasteiger partial charge in [0.15, 0.2) is 0 Å². The van der Waals surface area contributed by atoms with Crippen LogP contribution in [0.4, 0.5) is 0 Å². The summed E-state index contributed by atoms with van der Waals surface area (Å²) in [5.41, 5.74) is 9.00. The normalized spacial score (nSPS) is 4.29. The molecule has 85 valence electrons. The van der Waals surface area contributed by atoms with Crippen LogP contribution in [-0.2, 0) is 32.7 Å². The fraction of sp³-hybridized carbons (Fsp3) is 0.364. The third-order valence-corrected chi connectivity index (χ3v) is 0.667. The Labute approximate surface area is 116 Å². The molecule has 0 amide bonds. The molecule has 1 rings (SSSR count). The Kier molecular flexibility index (Phi) is 134. The van der Waals surface area contributed by atoms with Crippen LogP contribution in [0.1, 0.15) is 14.9 Å². The molecule has 0 aliphatic rings. The van der Waals surface area contributed by atoms with Gasteiger partial charge in [-0.05, 0) is 14.1 Å². The predicted molar refractivity (Wildman–Crippen MR) is 66.5 cm³/mol. The molecular formula is C11H27N2Y-. The van der Waals surface area contributed by atoms with Crippen LogP contribution in [-0.4, -0.2) is 14.1 Å². The summed E-state index contributed by atoms with van der Waals surface area (Å²) >= 11 is 0. The third kappa shape index (κ3) is 39.7. The van der Waals surface area contributed by atoms with Crippen molar-refractivity contribution >= 4 is 0 Å². The van der Waals surface area contributed by atoms with Crippen molar-refractivity contribution in [3.05, 3.63) is 43.8 Å². The average molecular weight is 276 g/mol. The van der Waals surface area contributed by atoms with E-state index in [4.69, 9.17) is 0 Å². The Morgan fingerprint density at radius 3 is 0.714 bits per heavy atom.